The fraction of sp³-hybridized carbons (Fsp3) is 0.692. The third-order valence-corrected chi connectivity index (χ3v) is 4.64. The zero-order valence-electron chi connectivity index (χ0n) is 10.6. The Morgan fingerprint density at radius 2 is 2.00 bits per heavy atom. The van der Waals surface area contributed by atoms with Gasteiger partial charge in [-0.05, 0) is 26.7 Å². The number of carbonyl (C=O) groups is 1. The molecule has 0 saturated heterocycles. The lowest BCUT2D eigenvalue weighted by Crippen LogP contribution is -2.29. The Morgan fingerprint density at radius 3 is 2.50 bits per heavy atom. The molecular formula is C13H17F2NOS. The van der Waals surface area contributed by atoms with Gasteiger partial charge in [0, 0.05) is 23.6 Å². The number of aromatic nitrogens is 1. The fourth-order valence-electron chi connectivity index (χ4n) is 2.27. The maximum absolute atomic E-state index is 13.0. The minimum atomic E-state index is -2.56. The molecule has 1 aliphatic rings. The number of rotatable bonds is 3. The van der Waals surface area contributed by atoms with Gasteiger partial charge in [0.1, 0.15) is 10.8 Å². The normalized spacial score (nSPS) is 20.0. The lowest BCUT2D eigenvalue weighted by molar-refractivity contribution is -0.126. The van der Waals surface area contributed by atoms with Crippen LogP contribution in [0.5, 0.6) is 0 Å². The molecule has 0 radical (unpaired) electrons. The van der Waals surface area contributed by atoms with Crippen molar-refractivity contribution in [3.05, 3.63) is 15.6 Å². The Labute approximate surface area is 109 Å². The van der Waals surface area contributed by atoms with Crippen molar-refractivity contribution in [3.63, 3.8) is 0 Å². The van der Waals surface area contributed by atoms with Crippen molar-refractivity contribution in [1.82, 2.24) is 4.98 Å². The number of nitrogens with zero attached hydrogens (tertiary/aromatic N) is 1. The van der Waals surface area contributed by atoms with Crippen molar-refractivity contribution >= 4 is 17.1 Å². The van der Waals surface area contributed by atoms with Gasteiger partial charge in [-0.3, -0.25) is 4.79 Å². The number of thiazole rings is 1. The first-order valence-electron chi connectivity index (χ1n) is 6.21. The van der Waals surface area contributed by atoms with Crippen LogP contribution in [0, 0.1) is 19.8 Å². The van der Waals surface area contributed by atoms with E-state index in [2.05, 4.69) is 4.98 Å². The largest absolute Gasteiger partial charge is 0.299 e. The van der Waals surface area contributed by atoms with E-state index in [0.717, 1.165) is 15.6 Å². The predicted octanol–water partition coefficient (Wildman–Crippen LogP) is 3.70. The molecule has 0 bridgehead atoms. The first-order chi connectivity index (χ1) is 8.37. The van der Waals surface area contributed by atoms with E-state index in [1.807, 2.05) is 13.8 Å². The molecule has 0 atom stereocenters. The predicted molar refractivity (Wildman–Crippen MR) is 67.2 cm³/mol. The van der Waals surface area contributed by atoms with Gasteiger partial charge < -0.3 is 0 Å². The number of hydrogen-bond donors (Lipinski definition) is 0. The molecule has 1 aliphatic carbocycles. The highest BCUT2D eigenvalue weighted by atomic mass is 32.1. The molecule has 5 heteroatoms. The first kappa shape index (κ1) is 13.6. The summed E-state index contributed by atoms with van der Waals surface area (Å²) in [7, 11) is 0. The second-order valence-electron chi connectivity index (χ2n) is 5.02. The Morgan fingerprint density at radius 1 is 1.39 bits per heavy atom. The molecule has 2 nitrogen and oxygen atoms in total. The summed E-state index contributed by atoms with van der Waals surface area (Å²) in [6, 6.07) is 0. The Hall–Kier alpha value is -0.840. The number of aryl methyl sites for hydroxylation is 2. The van der Waals surface area contributed by atoms with E-state index in [0.29, 0.717) is 19.3 Å². The van der Waals surface area contributed by atoms with E-state index in [1.54, 1.807) is 0 Å². The SMILES string of the molecule is Cc1nc(CC(=O)C2CCC(F)(F)CC2)sc1C. The number of halogens is 2. The third-order valence-electron chi connectivity index (χ3n) is 3.57. The smallest absolute Gasteiger partial charge is 0.248 e. The van der Waals surface area contributed by atoms with E-state index in [1.165, 1.54) is 11.3 Å². The zero-order chi connectivity index (χ0) is 13.3. The maximum atomic E-state index is 13.0. The standard InChI is InChI=1S/C13H17F2NOS/c1-8-9(2)18-12(16-8)7-11(17)10-3-5-13(14,15)6-4-10/h10H,3-7H2,1-2H3. The topological polar surface area (TPSA) is 30.0 Å². The van der Waals surface area contributed by atoms with Gasteiger partial charge in [0.05, 0.1) is 12.1 Å². The summed E-state index contributed by atoms with van der Waals surface area (Å²) in [5.74, 6) is -2.70. The lowest BCUT2D eigenvalue weighted by Gasteiger charge is -2.27. The van der Waals surface area contributed by atoms with Crippen molar-refractivity contribution in [2.24, 2.45) is 5.92 Å². The molecule has 0 amide bonds. The average Bonchev–Trinajstić information content (AvgIpc) is 2.57. The molecule has 1 saturated carbocycles. The Balaban J connectivity index is 1.93. The van der Waals surface area contributed by atoms with Gasteiger partial charge in [-0.2, -0.15) is 0 Å². The highest BCUT2D eigenvalue weighted by molar-refractivity contribution is 7.11. The Kier molecular flexibility index (Phi) is 3.80. The molecule has 1 heterocycles. The second-order valence-corrected chi connectivity index (χ2v) is 6.31. The second kappa shape index (κ2) is 5.03. The number of hydrogen-bond acceptors (Lipinski definition) is 3. The van der Waals surface area contributed by atoms with Gasteiger partial charge in [0.15, 0.2) is 0 Å². The molecule has 2 rings (SSSR count). The van der Waals surface area contributed by atoms with Gasteiger partial charge >= 0.3 is 0 Å². The molecule has 0 N–H and O–H groups in total. The van der Waals surface area contributed by atoms with Crippen molar-refractivity contribution in [1.29, 1.82) is 0 Å². The van der Waals surface area contributed by atoms with Crippen LogP contribution in [-0.2, 0) is 11.2 Å². The summed E-state index contributed by atoms with van der Waals surface area (Å²) in [6.07, 6.45) is 0.624. The van der Waals surface area contributed by atoms with Crippen molar-refractivity contribution in [3.8, 4) is 0 Å². The molecule has 0 aromatic carbocycles. The van der Waals surface area contributed by atoms with Gasteiger partial charge in [0.25, 0.3) is 0 Å². The van der Waals surface area contributed by atoms with E-state index in [-0.39, 0.29) is 24.5 Å². The summed E-state index contributed by atoms with van der Waals surface area (Å²) in [5.41, 5.74) is 0.956. The molecule has 1 aromatic rings. The highest BCUT2D eigenvalue weighted by Crippen LogP contribution is 2.37. The molecule has 0 aliphatic heterocycles. The van der Waals surface area contributed by atoms with E-state index in [4.69, 9.17) is 0 Å². The van der Waals surface area contributed by atoms with Gasteiger partial charge in [0.2, 0.25) is 5.92 Å². The summed E-state index contributed by atoms with van der Waals surface area (Å²) in [4.78, 5) is 17.5. The summed E-state index contributed by atoms with van der Waals surface area (Å²) < 4.78 is 26.0. The van der Waals surface area contributed by atoms with Gasteiger partial charge in [-0.1, -0.05) is 0 Å². The summed E-state index contributed by atoms with van der Waals surface area (Å²) in [6.45, 7) is 3.89. The van der Waals surface area contributed by atoms with E-state index < -0.39 is 5.92 Å². The van der Waals surface area contributed by atoms with E-state index in [9.17, 15) is 13.6 Å². The lowest BCUT2D eigenvalue weighted by atomic mass is 9.83. The van der Waals surface area contributed by atoms with Gasteiger partial charge in [-0.25, -0.2) is 13.8 Å². The zero-order valence-corrected chi connectivity index (χ0v) is 11.4. The van der Waals surface area contributed by atoms with Crippen LogP contribution in [0.15, 0.2) is 0 Å². The maximum Gasteiger partial charge on any atom is 0.248 e. The third kappa shape index (κ3) is 3.13. The number of Topliss-reactive ketones (excluding diaryl/α,β-unsaturated/α-hetero) is 1. The monoisotopic (exact) mass is 273 g/mol. The highest BCUT2D eigenvalue weighted by Gasteiger charge is 2.37. The molecular weight excluding hydrogens is 256 g/mol. The molecule has 1 aromatic heterocycles. The molecule has 0 unspecified atom stereocenters. The average molecular weight is 273 g/mol. The van der Waals surface area contributed by atoms with Crippen LogP contribution < -0.4 is 0 Å². The van der Waals surface area contributed by atoms with Crippen LogP contribution in [-0.4, -0.2) is 16.7 Å². The van der Waals surface area contributed by atoms with Crippen molar-refractivity contribution in [2.45, 2.75) is 51.9 Å². The molecule has 0 spiro atoms. The minimum Gasteiger partial charge on any atom is -0.299 e. The van der Waals surface area contributed by atoms with Crippen LogP contribution in [0.2, 0.25) is 0 Å². The molecule has 18 heavy (non-hydrogen) atoms. The number of carbonyl (C=O) groups excluding carboxylic acids is 1. The van der Waals surface area contributed by atoms with Gasteiger partial charge in [-0.15, -0.1) is 11.3 Å². The molecule has 100 valence electrons. The number of ketones is 1. The van der Waals surface area contributed by atoms with Crippen LogP contribution in [0.1, 0.15) is 41.3 Å². The van der Waals surface area contributed by atoms with Crippen molar-refractivity contribution < 1.29 is 13.6 Å². The summed E-state index contributed by atoms with van der Waals surface area (Å²) in [5, 5.41) is 0.812. The fourth-order valence-corrected chi connectivity index (χ4v) is 3.21. The Bertz CT molecular complexity index is 426. The first-order valence-corrected chi connectivity index (χ1v) is 7.02. The van der Waals surface area contributed by atoms with Crippen molar-refractivity contribution in [2.75, 3.05) is 0 Å². The van der Waals surface area contributed by atoms with E-state index >= 15 is 0 Å². The van der Waals surface area contributed by atoms with Crippen LogP contribution in [0.4, 0.5) is 8.78 Å². The van der Waals surface area contributed by atoms with Crippen LogP contribution in [0.25, 0.3) is 0 Å². The minimum absolute atomic E-state index is 0.0688. The summed E-state index contributed by atoms with van der Waals surface area (Å²) >= 11 is 1.53. The van der Waals surface area contributed by atoms with Crippen LogP contribution >= 0.6 is 11.3 Å². The van der Waals surface area contributed by atoms with Crippen LogP contribution in [0.3, 0.4) is 0 Å². The quantitative estimate of drug-likeness (QED) is 0.840. The number of alkyl halides is 2. The molecule has 1 fully saturated rings.